The first kappa shape index (κ1) is 14.9. The molecule has 0 fully saturated rings. The highest BCUT2D eigenvalue weighted by Gasteiger charge is 2.23. The van der Waals surface area contributed by atoms with E-state index < -0.39 is 18.1 Å². The Morgan fingerprint density at radius 3 is 2.31 bits per heavy atom. The molecule has 0 aliphatic carbocycles. The monoisotopic (exact) mass is 230 g/mol. The minimum atomic E-state index is -0.650. The van der Waals surface area contributed by atoms with Crippen LogP contribution in [0, 0.1) is 5.92 Å². The van der Waals surface area contributed by atoms with E-state index in [2.05, 4.69) is 5.32 Å². The Kier molecular flexibility index (Phi) is 6.72. The van der Waals surface area contributed by atoms with Gasteiger partial charge in [-0.2, -0.15) is 0 Å². The summed E-state index contributed by atoms with van der Waals surface area (Å²) in [5.74, 6) is -0.656. The maximum absolute atomic E-state index is 11.6. The number of rotatable bonds is 6. The minimum Gasteiger partial charge on any atom is -0.464 e. The molecule has 0 aromatic carbocycles. The van der Waals surface area contributed by atoms with Crippen LogP contribution in [0.25, 0.3) is 0 Å². The molecule has 3 N–H and O–H groups in total. The molecular weight excluding hydrogens is 208 g/mol. The number of carbonyl (C=O) groups excluding carboxylic acids is 2. The molecule has 16 heavy (non-hydrogen) atoms. The number of carbonyl (C=O) groups is 2. The third kappa shape index (κ3) is 4.61. The highest BCUT2D eigenvalue weighted by atomic mass is 16.5. The molecule has 0 aliphatic rings. The molecule has 0 saturated carbocycles. The molecule has 0 spiro atoms. The van der Waals surface area contributed by atoms with Crippen molar-refractivity contribution in [3.05, 3.63) is 0 Å². The van der Waals surface area contributed by atoms with Crippen LogP contribution in [0.3, 0.4) is 0 Å². The second-order valence-electron chi connectivity index (χ2n) is 3.89. The standard InChI is InChI=1S/C11H22N2O3/c1-5-7(3)9(12)10(14)13-8(4)11(15)16-6-2/h7-9H,5-6,12H2,1-4H3,(H,13,14)/t7-,8?,9-/m0/s1. The third-order valence-electron chi connectivity index (χ3n) is 2.56. The van der Waals surface area contributed by atoms with Gasteiger partial charge in [-0.05, 0) is 19.8 Å². The van der Waals surface area contributed by atoms with Gasteiger partial charge in [0.1, 0.15) is 6.04 Å². The predicted octanol–water partition coefficient (Wildman–Crippen LogP) is 0.428. The lowest BCUT2D eigenvalue weighted by molar-refractivity contribution is -0.147. The predicted molar refractivity (Wildman–Crippen MR) is 61.7 cm³/mol. The van der Waals surface area contributed by atoms with E-state index in [0.29, 0.717) is 6.61 Å². The van der Waals surface area contributed by atoms with E-state index in [1.807, 2.05) is 13.8 Å². The fourth-order valence-electron chi connectivity index (χ4n) is 1.15. The summed E-state index contributed by atoms with van der Waals surface area (Å²) in [7, 11) is 0. The zero-order valence-corrected chi connectivity index (χ0v) is 10.4. The van der Waals surface area contributed by atoms with E-state index in [4.69, 9.17) is 10.5 Å². The van der Waals surface area contributed by atoms with Gasteiger partial charge in [-0.1, -0.05) is 20.3 Å². The van der Waals surface area contributed by atoms with Gasteiger partial charge in [-0.25, -0.2) is 4.79 Å². The smallest absolute Gasteiger partial charge is 0.328 e. The number of ether oxygens (including phenoxy) is 1. The van der Waals surface area contributed by atoms with E-state index in [1.165, 1.54) is 0 Å². The summed E-state index contributed by atoms with van der Waals surface area (Å²) < 4.78 is 4.78. The first-order valence-corrected chi connectivity index (χ1v) is 5.66. The molecule has 0 bridgehead atoms. The van der Waals surface area contributed by atoms with Crippen LogP contribution in [0.15, 0.2) is 0 Å². The Morgan fingerprint density at radius 2 is 1.88 bits per heavy atom. The van der Waals surface area contributed by atoms with Gasteiger partial charge in [0.2, 0.25) is 5.91 Å². The van der Waals surface area contributed by atoms with E-state index in [9.17, 15) is 9.59 Å². The summed E-state index contributed by atoms with van der Waals surface area (Å²) in [6.07, 6.45) is 0.822. The van der Waals surface area contributed by atoms with Crippen LogP contribution in [0.1, 0.15) is 34.1 Å². The van der Waals surface area contributed by atoms with Gasteiger partial charge >= 0.3 is 5.97 Å². The SMILES string of the molecule is CCOC(=O)C(C)NC(=O)[C@@H](N)[C@@H](C)CC. The molecule has 0 rings (SSSR count). The van der Waals surface area contributed by atoms with Gasteiger partial charge in [0.05, 0.1) is 12.6 Å². The summed E-state index contributed by atoms with van der Waals surface area (Å²) in [5.41, 5.74) is 5.73. The van der Waals surface area contributed by atoms with Crippen molar-refractivity contribution >= 4 is 11.9 Å². The van der Waals surface area contributed by atoms with Crippen LogP contribution in [-0.4, -0.2) is 30.6 Å². The summed E-state index contributed by atoms with van der Waals surface area (Å²) in [4.78, 5) is 22.9. The molecule has 1 amide bonds. The number of esters is 1. The van der Waals surface area contributed by atoms with Crippen molar-refractivity contribution in [2.75, 3.05) is 6.61 Å². The van der Waals surface area contributed by atoms with Crippen LogP contribution in [-0.2, 0) is 14.3 Å². The lowest BCUT2D eigenvalue weighted by Gasteiger charge is -2.20. The first-order chi connectivity index (χ1) is 7.43. The zero-order valence-electron chi connectivity index (χ0n) is 10.4. The van der Waals surface area contributed by atoms with Crippen LogP contribution in [0.2, 0.25) is 0 Å². The van der Waals surface area contributed by atoms with E-state index in [-0.39, 0.29) is 11.8 Å². The maximum Gasteiger partial charge on any atom is 0.328 e. The van der Waals surface area contributed by atoms with Crippen molar-refractivity contribution < 1.29 is 14.3 Å². The number of hydrogen-bond donors (Lipinski definition) is 2. The average molecular weight is 230 g/mol. The van der Waals surface area contributed by atoms with Crippen LogP contribution in [0.5, 0.6) is 0 Å². The Balaban J connectivity index is 4.18. The van der Waals surface area contributed by atoms with Crippen molar-refractivity contribution in [3.63, 3.8) is 0 Å². The van der Waals surface area contributed by atoms with Gasteiger partial charge in [0.25, 0.3) is 0 Å². The van der Waals surface area contributed by atoms with Crippen molar-refractivity contribution in [1.82, 2.24) is 5.32 Å². The average Bonchev–Trinajstić information content (AvgIpc) is 2.26. The Bertz CT molecular complexity index is 243. The largest absolute Gasteiger partial charge is 0.464 e. The molecule has 5 heteroatoms. The van der Waals surface area contributed by atoms with Crippen molar-refractivity contribution in [2.24, 2.45) is 11.7 Å². The van der Waals surface area contributed by atoms with Gasteiger partial charge in [0, 0.05) is 0 Å². The molecule has 5 nitrogen and oxygen atoms in total. The van der Waals surface area contributed by atoms with Crippen molar-refractivity contribution in [1.29, 1.82) is 0 Å². The summed E-state index contributed by atoms with van der Waals surface area (Å²) in [6.45, 7) is 7.47. The number of nitrogens with two attached hydrogens (primary N) is 1. The van der Waals surface area contributed by atoms with E-state index in [1.54, 1.807) is 13.8 Å². The number of nitrogens with one attached hydrogen (secondary N) is 1. The lowest BCUT2D eigenvalue weighted by Crippen LogP contribution is -2.50. The van der Waals surface area contributed by atoms with Gasteiger partial charge in [-0.15, -0.1) is 0 Å². The summed E-state index contributed by atoms with van der Waals surface area (Å²) in [6, 6.07) is -1.23. The summed E-state index contributed by atoms with van der Waals surface area (Å²) in [5, 5.41) is 2.54. The molecule has 94 valence electrons. The Labute approximate surface area is 96.7 Å². The quantitative estimate of drug-likeness (QED) is 0.648. The second kappa shape index (κ2) is 7.22. The van der Waals surface area contributed by atoms with Crippen molar-refractivity contribution in [3.8, 4) is 0 Å². The molecule has 1 unspecified atom stereocenters. The second-order valence-corrected chi connectivity index (χ2v) is 3.89. The minimum absolute atomic E-state index is 0.0920. The van der Waals surface area contributed by atoms with Crippen LogP contribution in [0.4, 0.5) is 0 Å². The molecule has 0 radical (unpaired) electrons. The molecule has 0 aromatic rings. The molecule has 0 aromatic heterocycles. The number of amides is 1. The van der Waals surface area contributed by atoms with Crippen LogP contribution < -0.4 is 11.1 Å². The molecule has 0 aliphatic heterocycles. The topological polar surface area (TPSA) is 81.4 Å². The first-order valence-electron chi connectivity index (χ1n) is 5.66. The highest BCUT2D eigenvalue weighted by molar-refractivity contribution is 5.87. The zero-order chi connectivity index (χ0) is 12.7. The highest BCUT2D eigenvalue weighted by Crippen LogP contribution is 2.05. The Hall–Kier alpha value is -1.10. The third-order valence-corrected chi connectivity index (χ3v) is 2.56. The molecule has 0 heterocycles. The maximum atomic E-state index is 11.6. The van der Waals surface area contributed by atoms with Gasteiger partial charge in [0.15, 0.2) is 0 Å². The number of hydrogen-bond acceptors (Lipinski definition) is 4. The van der Waals surface area contributed by atoms with Gasteiger partial charge < -0.3 is 15.8 Å². The molecular formula is C11H22N2O3. The van der Waals surface area contributed by atoms with E-state index >= 15 is 0 Å². The molecule has 3 atom stereocenters. The fraction of sp³-hybridized carbons (Fsp3) is 0.818. The normalized spacial score (nSPS) is 16.1. The fourth-order valence-corrected chi connectivity index (χ4v) is 1.15. The Morgan fingerprint density at radius 1 is 1.31 bits per heavy atom. The van der Waals surface area contributed by atoms with Crippen LogP contribution >= 0.6 is 0 Å². The molecule has 0 saturated heterocycles. The summed E-state index contributed by atoms with van der Waals surface area (Å²) >= 11 is 0. The van der Waals surface area contributed by atoms with Gasteiger partial charge in [-0.3, -0.25) is 4.79 Å². The lowest BCUT2D eigenvalue weighted by atomic mass is 9.99. The van der Waals surface area contributed by atoms with Crippen molar-refractivity contribution in [2.45, 2.75) is 46.2 Å². The van der Waals surface area contributed by atoms with E-state index in [0.717, 1.165) is 6.42 Å².